The Hall–Kier alpha value is -2.28. The van der Waals surface area contributed by atoms with Crippen LogP contribution >= 0.6 is 40.3 Å². The number of amidine groups is 1. The van der Waals surface area contributed by atoms with E-state index in [1.165, 1.54) is 17.3 Å². The van der Waals surface area contributed by atoms with Crippen molar-refractivity contribution in [2.24, 2.45) is 4.99 Å². The van der Waals surface area contributed by atoms with Crippen LogP contribution in [0.4, 0.5) is 5.69 Å². The number of rotatable bonds is 4. The molecule has 28 heavy (non-hydrogen) atoms. The number of hydrogen-bond acceptors (Lipinski definition) is 3. The average molecular weight is 477 g/mol. The molecule has 4 nitrogen and oxygen atoms in total. The molecular formula is C21H19BrClN3OS. The third-order valence-electron chi connectivity index (χ3n) is 3.59. The minimum absolute atomic E-state index is 0. The van der Waals surface area contributed by atoms with Gasteiger partial charge in [0.1, 0.15) is 0 Å². The van der Waals surface area contributed by atoms with Gasteiger partial charge in [0.15, 0.2) is 5.17 Å². The molecule has 3 rings (SSSR count). The van der Waals surface area contributed by atoms with E-state index in [9.17, 15) is 4.79 Å². The van der Waals surface area contributed by atoms with E-state index in [-0.39, 0.29) is 22.9 Å². The summed E-state index contributed by atoms with van der Waals surface area (Å²) >= 11 is 7.38. The van der Waals surface area contributed by atoms with Gasteiger partial charge in [-0.3, -0.25) is 15.6 Å². The molecular weight excluding hydrogens is 458 g/mol. The Kier molecular flexibility index (Phi) is 9.07. The zero-order valence-electron chi connectivity index (χ0n) is 14.8. The number of benzene rings is 3. The number of amides is 1. The summed E-state index contributed by atoms with van der Waals surface area (Å²) in [5.74, 6) is 0.476. The number of carbonyl (C=O) groups is 1. The van der Waals surface area contributed by atoms with Crippen molar-refractivity contribution in [1.29, 1.82) is 0 Å². The van der Waals surface area contributed by atoms with E-state index in [4.69, 9.17) is 11.6 Å². The van der Waals surface area contributed by atoms with Gasteiger partial charge in [0.25, 0.3) is 5.91 Å². The van der Waals surface area contributed by atoms with Crippen molar-refractivity contribution >= 4 is 57.1 Å². The van der Waals surface area contributed by atoms with Crippen LogP contribution in [0.3, 0.4) is 0 Å². The summed E-state index contributed by atoms with van der Waals surface area (Å²) in [7, 11) is 0. The number of carbonyl (C=O) groups excluding carboxylic acids is 1. The maximum absolute atomic E-state index is 12.3. The second kappa shape index (κ2) is 11.5. The molecule has 0 saturated heterocycles. The normalized spacial score (nSPS) is 10.7. The first kappa shape index (κ1) is 22.0. The molecule has 0 radical (unpaired) electrons. The van der Waals surface area contributed by atoms with Crippen LogP contribution in [0.2, 0.25) is 5.02 Å². The number of hydrogen-bond donors (Lipinski definition) is 2. The van der Waals surface area contributed by atoms with Crippen LogP contribution in [0, 0.1) is 0 Å². The predicted octanol–water partition coefficient (Wildman–Crippen LogP) is 5.77. The monoisotopic (exact) mass is 475 g/mol. The summed E-state index contributed by atoms with van der Waals surface area (Å²) in [6, 6.07) is 26.4. The molecule has 3 aromatic rings. The lowest BCUT2D eigenvalue weighted by atomic mass is 10.2. The summed E-state index contributed by atoms with van der Waals surface area (Å²) in [6.07, 6.45) is 0. The maximum atomic E-state index is 12.3. The number of nitrogens with zero attached hydrogens (tertiary/aromatic N) is 1. The fraction of sp³-hybridized carbons (Fsp3) is 0.0476. The first-order valence-corrected chi connectivity index (χ1v) is 9.69. The van der Waals surface area contributed by atoms with Crippen LogP contribution in [-0.4, -0.2) is 11.1 Å². The lowest BCUT2D eigenvalue weighted by Crippen LogP contribution is -2.40. The molecule has 0 spiro atoms. The second-order valence-corrected chi connectivity index (χ2v) is 7.01. The standard InChI is InChI=1S/C21H18ClN3OS.BrH/c22-18-13-11-17(12-14-18)20(26)24-25-21(23-19-9-5-2-6-10-19)27-15-16-7-3-1-4-8-16;/h1-14H,15H2,(H,23,25)(H,24,26);1H. The van der Waals surface area contributed by atoms with Crippen molar-refractivity contribution in [3.63, 3.8) is 0 Å². The zero-order chi connectivity index (χ0) is 18.9. The fourth-order valence-corrected chi connectivity index (χ4v) is 3.14. The lowest BCUT2D eigenvalue weighted by molar-refractivity contribution is 0.0944. The SMILES string of the molecule is Br.O=C(NNC(=Nc1ccccc1)SCc1ccccc1)c1ccc(Cl)cc1. The van der Waals surface area contributed by atoms with E-state index < -0.39 is 0 Å². The van der Waals surface area contributed by atoms with E-state index in [2.05, 4.69) is 28.0 Å². The Balaban J connectivity index is 0.00000280. The molecule has 0 aliphatic rings. The van der Waals surface area contributed by atoms with Gasteiger partial charge in [-0.25, -0.2) is 4.99 Å². The Labute approximate surface area is 184 Å². The molecule has 0 bridgehead atoms. The third-order valence-corrected chi connectivity index (χ3v) is 4.79. The van der Waals surface area contributed by atoms with Crippen molar-refractivity contribution in [3.8, 4) is 0 Å². The number of para-hydroxylation sites is 1. The second-order valence-electron chi connectivity index (χ2n) is 5.61. The third kappa shape index (κ3) is 7.03. The van der Waals surface area contributed by atoms with Gasteiger partial charge < -0.3 is 0 Å². The molecule has 0 aliphatic carbocycles. The minimum atomic E-state index is -0.257. The van der Waals surface area contributed by atoms with Gasteiger partial charge in [0.2, 0.25) is 0 Å². The molecule has 7 heteroatoms. The first-order chi connectivity index (χ1) is 13.2. The predicted molar refractivity (Wildman–Crippen MR) is 124 cm³/mol. The molecule has 2 N–H and O–H groups in total. The highest BCUT2D eigenvalue weighted by molar-refractivity contribution is 8.93. The van der Waals surface area contributed by atoms with E-state index in [0.29, 0.717) is 15.8 Å². The number of thioether (sulfide) groups is 1. The number of nitrogens with one attached hydrogen (secondary N) is 2. The Morgan fingerprint density at radius 2 is 1.46 bits per heavy atom. The molecule has 0 fully saturated rings. The topological polar surface area (TPSA) is 53.5 Å². The van der Waals surface area contributed by atoms with Gasteiger partial charge in [-0.2, -0.15) is 0 Å². The van der Waals surface area contributed by atoms with E-state index in [1.54, 1.807) is 24.3 Å². The Morgan fingerprint density at radius 1 is 0.857 bits per heavy atom. The highest BCUT2D eigenvalue weighted by Crippen LogP contribution is 2.17. The highest BCUT2D eigenvalue weighted by atomic mass is 79.9. The van der Waals surface area contributed by atoms with E-state index >= 15 is 0 Å². The molecule has 0 atom stereocenters. The molecule has 0 aromatic heterocycles. The number of hydrazine groups is 1. The molecule has 3 aromatic carbocycles. The highest BCUT2D eigenvalue weighted by Gasteiger charge is 2.07. The van der Waals surface area contributed by atoms with Crippen LogP contribution in [0.25, 0.3) is 0 Å². The van der Waals surface area contributed by atoms with Gasteiger partial charge in [-0.15, -0.1) is 17.0 Å². The van der Waals surface area contributed by atoms with Gasteiger partial charge in [0, 0.05) is 16.3 Å². The summed E-state index contributed by atoms with van der Waals surface area (Å²) < 4.78 is 0. The largest absolute Gasteiger partial charge is 0.276 e. The average Bonchev–Trinajstić information content (AvgIpc) is 2.72. The van der Waals surface area contributed by atoms with Crippen LogP contribution in [-0.2, 0) is 5.75 Å². The van der Waals surface area contributed by atoms with Crippen molar-refractivity contribution in [2.75, 3.05) is 0 Å². The van der Waals surface area contributed by atoms with Crippen LogP contribution in [0.5, 0.6) is 0 Å². The molecule has 0 heterocycles. The Morgan fingerprint density at radius 3 is 2.11 bits per heavy atom. The molecule has 0 unspecified atom stereocenters. The van der Waals surface area contributed by atoms with Gasteiger partial charge in [0.05, 0.1) is 5.69 Å². The number of halogens is 2. The van der Waals surface area contributed by atoms with Crippen molar-refractivity contribution in [3.05, 3.63) is 101 Å². The molecule has 144 valence electrons. The van der Waals surface area contributed by atoms with Gasteiger partial charge in [-0.1, -0.05) is 71.9 Å². The molecule has 0 aliphatic heterocycles. The van der Waals surface area contributed by atoms with E-state index in [1.807, 2.05) is 48.5 Å². The summed E-state index contributed by atoms with van der Waals surface area (Å²) in [5, 5.41) is 1.19. The maximum Gasteiger partial charge on any atom is 0.269 e. The Bertz CT molecular complexity index is 906. The lowest BCUT2D eigenvalue weighted by Gasteiger charge is -2.11. The van der Waals surface area contributed by atoms with Crippen LogP contribution in [0.15, 0.2) is 89.9 Å². The summed E-state index contributed by atoms with van der Waals surface area (Å²) in [5.41, 5.74) is 8.12. The first-order valence-electron chi connectivity index (χ1n) is 8.33. The van der Waals surface area contributed by atoms with Crippen molar-refractivity contribution < 1.29 is 4.79 Å². The van der Waals surface area contributed by atoms with Crippen molar-refractivity contribution in [2.45, 2.75) is 5.75 Å². The quantitative estimate of drug-likeness (QED) is 0.285. The molecule has 1 amide bonds. The molecule has 0 saturated carbocycles. The smallest absolute Gasteiger partial charge is 0.269 e. The fourth-order valence-electron chi connectivity index (χ4n) is 2.23. The minimum Gasteiger partial charge on any atom is -0.276 e. The number of aliphatic imine (C=N–C) groups is 1. The van der Waals surface area contributed by atoms with Gasteiger partial charge >= 0.3 is 0 Å². The van der Waals surface area contributed by atoms with Crippen molar-refractivity contribution in [1.82, 2.24) is 10.9 Å². The van der Waals surface area contributed by atoms with E-state index in [0.717, 1.165) is 11.4 Å². The zero-order valence-corrected chi connectivity index (χ0v) is 18.1. The van der Waals surface area contributed by atoms with Crippen LogP contribution < -0.4 is 10.9 Å². The summed E-state index contributed by atoms with van der Waals surface area (Å²) in [6.45, 7) is 0. The van der Waals surface area contributed by atoms with Crippen LogP contribution in [0.1, 0.15) is 15.9 Å². The summed E-state index contributed by atoms with van der Waals surface area (Å²) in [4.78, 5) is 16.9. The van der Waals surface area contributed by atoms with Gasteiger partial charge in [-0.05, 0) is 42.0 Å².